The maximum Gasteiger partial charge on any atom is 0.222 e. The van der Waals surface area contributed by atoms with Crippen LogP contribution in [0.1, 0.15) is 37.3 Å². The summed E-state index contributed by atoms with van der Waals surface area (Å²) < 4.78 is 14.0. The SMILES string of the molecule is CC1CCC(=O)N(Cc2ccc(C(N)=S)cc2F)CC1. The molecule has 0 aromatic heterocycles. The van der Waals surface area contributed by atoms with Crippen molar-refractivity contribution in [2.24, 2.45) is 11.7 Å². The summed E-state index contributed by atoms with van der Waals surface area (Å²) in [5.74, 6) is 0.290. The first-order valence-electron chi connectivity index (χ1n) is 6.83. The number of hydrogen-bond acceptors (Lipinski definition) is 2. The predicted molar refractivity (Wildman–Crippen MR) is 80.7 cm³/mol. The Morgan fingerprint density at radius 2 is 2.25 bits per heavy atom. The maximum atomic E-state index is 14.0. The van der Waals surface area contributed by atoms with Gasteiger partial charge in [0.2, 0.25) is 5.91 Å². The molecule has 1 aromatic carbocycles. The third kappa shape index (κ3) is 3.54. The highest BCUT2D eigenvalue weighted by Crippen LogP contribution is 2.20. The summed E-state index contributed by atoms with van der Waals surface area (Å²) in [6.07, 6.45) is 2.43. The van der Waals surface area contributed by atoms with Gasteiger partial charge in [-0.05, 0) is 24.8 Å². The fraction of sp³-hybridized carbons (Fsp3) is 0.467. The van der Waals surface area contributed by atoms with E-state index in [1.807, 2.05) is 0 Å². The molecule has 1 fully saturated rings. The second-order valence-electron chi connectivity index (χ2n) is 5.42. The van der Waals surface area contributed by atoms with E-state index >= 15 is 0 Å². The predicted octanol–water partition coefficient (Wildman–Crippen LogP) is 2.61. The summed E-state index contributed by atoms with van der Waals surface area (Å²) in [5, 5.41) is 0. The molecule has 0 aliphatic carbocycles. The number of nitrogens with zero attached hydrogens (tertiary/aromatic N) is 1. The van der Waals surface area contributed by atoms with Crippen LogP contribution in [0.2, 0.25) is 0 Å². The zero-order chi connectivity index (χ0) is 14.7. The van der Waals surface area contributed by atoms with Crippen LogP contribution in [-0.4, -0.2) is 22.3 Å². The first kappa shape index (κ1) is 14.9. The van der Waals surface area contributed by atoms with Crippen LogP contribution >= 0.6 is 12.2 Å². The summed E-state index contributed by atoms with van der Waals surface area (Å²) >= 11 is 4.82. The molecular weight excluding hydrogens is 275 g/mol. The van der Waals surface area contributed by atoms with Gasteiger partial charge in [-0.25, -0.2) is 4.39 Å². The standard InChI is InChI=1S/C15H19FN2OS/c1-10-2-5-14(19)18(7-6-10)9-12-4-3-11(15(17)20)8-13(12)16/h3-4,8,10H,2,5-7,9H2,1H3,(H2,17,20). The number of benzene rings is 1. The lowest BCUT2D eigenvalue weighted by atomic mass is 10.0. The Hall–Kier alpha value is -1.49. The topological polar surface area (TPSA) is 46.3 Å². The van der Waals surface area contributed by atoms with Crippen LogP contribution in [0.5, 0.6) is 0 Å². The largest absolute Gasteiger partial charge is 0.389 e. The molecule has 20 heavy (non-hydrogen) atoms. The molecule has 3 nitrogen and oxygen atoms in total. The van der Waals surface area contributed by atoms with Crippen LogP contribution in [-0.2, 0) is 11.3 Å². The van der Waals surface area contributed by atoms with Crippen molar-refractivity contribution in [3.8, 4) is 0 Å². The van der Waals surface area contributed by atoms with Crippen LogP contribution in [0, 0.1) is 11.7 Å². The second kappa shape index (κ2) is 6.31. The van der Waals surface area contributed by atoms with E-state index in [1.54, 1.807) is 17.0 Å². The molecule has 1 aliphatic rings. The molecule has 0 bridgehead atoms. The number of carbonyl (C=O) groups excluding carboxylic acids is 1. The third-order valence-corrected chi connectivity index (χ3v) is 4.03. The quantitative estimate of drug-likeness (QED) is 0.872. The number of amides is 1. The summed E-state index contributed by atoms with van der Waals surface area (Å²) in [6.45, 7) is 3.15. The highest BCUT2D eigenvalue weighted by molar-refractivity contribution is 7.80. The molecule has 0 saturated carbocycles. The van der Waals surface area contributed by atoms with Crippen molar-refractivity contribution in [1.82, 2.24) is 4.90 Å². The van der Waals surface area contributed by atoms with Crippen LogP contribution in [0.4, 0.5) is 4.39 Å². The van der Waals surface area contributed by atoms with Gasteiger partial charge < -0.3 is 10.6 Å². The van der Waals surface area contributed by atoms with Gasteiger partial charge >= 0.3 is 0 Å². The van der Waals surface area contributed by atoms with Gasteiger partial charge in [0, 0.05) is 30.6 Å². The number of rotatable bonds is 3. The molecule has 5 heteroatoms. The average molecular weight is 294 g/mol. The molecule has 1 unspecified atom stereocenters. The van der Waals surface area contributed by atoms with E-state index in [2.05, 4.69) is 6.92 Å². The van der Waals surface area contributed by atoms with Crippen LogP contribution < -0.4 is 5.73 Å². The van der Waals surface area contributed by atoms with Crippen molar-refractivity contribution in [2.75, 3.05) is 6.54 Å². The lowest BCUT2D eigenvalue weighted by molar-refractivity contribution is -0.131. The van der Waals surface area contributed by atoms with Crippen LogP contribution in [0.25, 0.3) is 0 Å². The van der Waals surface area contributed by atoms with Crippen molar-refractivity contribution in [1.29, 1.82) is 0 Å². The zero-order valence-corrected chi connectivity index (χ0v) is 12.4. The first-order chi connectivity index (χ1) is 9.47. The van der Waals surface area contributed by atoms with Gasteiger partial charge in [-0.3, -0.25) is 4.79 Å². The maximum absolute atomic E-state index is 14.0. The molecule has 1 aliphatic heterocycles. The monoisotopic (exact) mass is 294 g/mol. The van der Waals surface area contributed by atoms with E-state index in [9.17, 15) is 9.18 Å². The molecule has 1 atom stereocenters. The number of thiocarbonyl (C=S) groups is 1. The molecule has 1 saturated heterocycles. The highest BCUT2D eigenvalue weighted by atomic mass is 32.1. The lowest BCUT2D eigenvalue weighted by Gasteiger charge is -2.21. The Labute approximate surface area is 123 Å². The minimum atomic E-state index is -0.361. The van der Waals surface area contributed by atoms with Crippen molar-refractivity contribution >= 4 is 23.1 Å². The summed E-state index contributed by atoms with van der Waals surface area (Å²) in [5.41, 5.74) is 6.49. The zero-order valence-electron chi connectivity index (χ0n) is 11.6. The van der Waals surface area contributed by atoms with Crippen molar-refractivity contribution in [2.45, 2.75) is 32.7 Å². The summed E-state index contributed by atoms with van der Waals surface area (Å²) in [4.78, 5) is 13.9. The molecule has 1 amide bonds. The molecule has 0 spiro atoms. The van der Waals surface area contributed by atoms with Crippen molar-refractivity contribution in [3.05, 3.63) is 35.1 Å². The van der Waals surface area contributed by atoms with Gasteiger partial charge in [0.1, 0.15) is 10.8 Å². The number of carbonyl (C=O) groups is 1. The lowest BCUT2D eigenvalue weighted by Crippen LogP contribution is -2.30. The van der Waals surface area contributed by atoms with Gasteiger partial charge in [-0.2, -0.15) is 0 Å². The third-order valence-electron chi connectivity index (χ3n) is 3.79. The number of halogens is 1. The van der Waals surface area contributed by atoms with E-state index in [4.69, 9.17) is 18.0 Å². The highest BCUT2D eigenvalue weighted by Gasteiger charge is 2.21. The van der Waals surface area contributed by atoms with Crippen molar-refractivity contribution in [3.63, 3.8) is 0 Å². The van der Waals surface area contributed by atoms with E-state index in [0.717, 1.165) is 12.8 Å². The Morgan fingerprint density at radius 1 is 1.50 bits per heavy atom. The van der Waals surface area contributed by atoms with Gasteiger partial charge in [0.25, 0.3) is 0 Å². The van der Waals surface area contributed by atoms with E-state index < -0.39 is 0 Å². The molecule has 1 heterocycles. The van der Waals surface area contributed by atoms with Gasteiger partial charge in [0.15, 0.2) is 0 Å². The fourth-order valence-corrected chi connectivity index (χ4v) is 2.50. The fourth-order valence-electron chi connectivity index (χ4n) is 2.37. The second-order valence-corrected chi connectivity index (χ2v) is 5.86. The Balaban J connectivity index is 2.13. The Morgan fingerprint density at radius 3 is 2.90 bits per heavy atom. The van der Waals surface area contributed by atoms with Gasteiger partial charge in [-0.1, -0.05) is 31.3 Å². The Bertz CT molecular complexity index is 533. The van der Waals surface area contributed by atoms with Crippen molar-refractivity contribution < 1.29 is 9.18 Å². The molecule has 0 radical (unpaired) electrons. The minimum absolute atomic E-state index is 0.104. The molecule has 108 valence electrons. The average Bonchev–Trinajstić information content (AvgIpc) is 2.56. The normalized spacial score (nSPS) is 19.8. The van der Waals surface area contributed by atoms with E-state index in [-0.39, 0.29) is 16.7 Å². The molecule has 2 rings (SSSR count). The number of likely N-dealkylation sites (tertiary alicyclic amines) is 1. The molecular formula is C15H19FN2OS. The molecule has 1 aromatic rings. The van der Waals surface area contributed by atoms with Crippen LogP contribution in [0.3, 0.4) is 0 Å². The number of hydrogen-bond donors (Lipinski definition) is 1. The number of nitrogens with two attached hydrogens (primary N) is 1. The summed E-state index contributed by atoms with van der Waals surface area (Å²) in [7, 11) is 0. The van der Waals surface area contributed by atoms with E-state index in [1.165, 1.54) is 6.07 Å². The van der Waals surface area contributed by atoms with E-state index in [0.29, 0.717) is 36.6 Å². The van der Waals surface area contributed by atoms with Gasteiger partial charge in [-0.15, -0.1) is 0 Å². The van der Waals surface area contributed by atoms with Crippen LogP contribution in [0.15, 0.2) is 18.2 Å². The summed E-state index contributed by atoms with van der Waals surface area (Å²) in [6, 6.07) is 4.69. The Kier molecular flexibility index (Phi) is 4.70. The molecule has 2 N–H and O–H groups in total. The smallest absolute Gasteiger partial charge is 0.222 e. The first-order valence-corrected chi connectivity index (χ1v) is 7.24. The minimum Gasteiger partial charge on any atom is -0.389 e. The van der Waals surface area contributed by atoms with Gasteiger partial charge in [0.05, 0.1) is 0 Å².